The molecule has 1 atom stereocenters. The van der Waals surface area contributed by atoms with Gasteiger partial charge in [-0.3, -0.25) is 0 Å². The van der Waals surface area contributed by atoms with Crippen molar-refractivity contribution in [1.82, 2.24) is 5.32 Å². The quantitative estimate of drug-likeness (QED) is 0.795. The van der Waals surface area contributed by atoms with Crippen LogP contribution in [0, 0.1) is 12.8 Å². The largest absolute Gasteiger partial charge is 0.480 e. The Morgan fingerprint density at radius 2 is 1.95 bits per heavy atom. The maximum Gasteiger partial charge on any atom is 0.326 e. The van der Waals surface area contributed by atoms with Gasteiger partial charge in [-0.05, 0) is 30.5 Å². The highest BCUT2D eigenvalue weighted by Gasteiger charge is 2.23. The number of hydrogen-bond acceptors (Lipinski definition) is 2. The highest BCUT2D eigenvalue weighted by molar-refractivity contribution is 9.10. The van der Waals surface area contributed by atoms with E-state index in [1.165, 1.54) is 0 Å². The molecule has 0 radical (unpaired) electrons. The molecule has 6 heteroatoms. The lowest BCUT2D eigenvalue weighted by Gasteiger charge is -2.18. The highest BCUT2D eigenvalue weighted by atomic mass is 79.9. The van der Waals surface area contributed by atoms with Gasteiger partial charge in [0.05, 0.1) is 0 Å². The van der Waals surface area contributed by atoms with Gasteiger partial charge in [-0.1, -0.05) is 35.8 Å². The van der Waals surface area contributed by atoms with Crippen molar-refractivity contribution in [2.24, 2.45) is 5.92 Å². The van der Waals surface area contributed by atoms with Crippen LogP contribution in [0.5, 0.6) is 0 Å². The van der Waals surface area contributed by atoms with Gasteiger partial charge in [-0.15, -0.1) is 0 Å². The van der Waals surface area contributed by atoms with E-state index in [4.69, 9.17) is 5.11 Å². The minimum absolute atomic E-state index is 0.188. The zero-order chi connectivity index (χ0) is 14.6. The third-order valence-corrected chi connectivity index (χ3v) is 3.16. The van der Waals surface area contributed by atoms with Crippen LogP contribution in [-0.2, 0) is 4.79 Å². The van der Waals surface area contributed by atoms with Gasteiger partial charge in [0.25, 0.3) is 0 Å². The Balaban J connectivity index is 2.74. The third kappa shape index (κ3) is 4.55. The molecule has 2 amide bonds. The number of carbonyl (C=O) groups is 2. The predicted octanol–water partition coefficient (Wildman–Crippen LogP) is 2.99. The Kier molecular flexibility index (Phi) is 5.35. The number of aliphatic carboxylic acids is 1. The minimum Gasteiger partial charge on any atom is -0.480 e. The maximum absolute atomic E-state index is 11.8. The molecule has 1 rings (SSSR count). The fourth-order valence-electron chi connectivity index (χ4n) is 1.54. The molecule has 0 bridgehead atoms. The van der Waals surface area contributed by atoms with E-state index in [-0.39, 0.29) is 5.92 Å². The summed E-state index contributed by atoms with van der Waals surface area (Å²) in [6.07, 6.45) is 0. The summed E-state index contributed by atoms with van der Waals surface area (Å²) in [6, 6.07) is 4.05. The monoisotopic (exact) mass is 328 g/mol. The first-order valence-electron chi connectivity index (χ1n) is 5.87. The Labute approximate surface area is 120 Å². The van der Waals surface area contributed by atoms with Crippen molar-refractivity contribution in [3.8, 4) is 0 Å². The van der Waals surface area contributed by atoms with E-state index in [9.17, 15) is 9.59 Å². The van der Waals surface area contributed by atoms with Crippen molar-refractivity contribution in [1.29, 1.82) is 0 Å². The second-order valence-electron chi connectivity index (χ2n) is 4.62. The summed E-state index contributed by atoms with van der Waals surface area (Å²) in [6.45, 7) is 5.34. The molecule has 1 unspecified atom stereocenters. The average molecular weight is 329 g/mol. The van der Waals surface area contributed by atoms with Crippen LogP contribution in [0.2, 0.25) is 0 Å². The van der Waals surface area contributed by atoms with Crippen LogP contribution < -0.4 is 10.6 Å². The summed E-state index contributed by atoms with van der Waals surface area (Å²) in [5.41, 5.74) is 1.54. The molecule has 19 heavy (non-hydrogen) atoms. The first-order valence-corrected chi connectivity index (χ1v) is 6.67. The van der Waals surface area contributed by atoms with E-state index < -0.39 is 18.0 Å². The molecule has 0 spiro atoms. The number of benzene rings is 1. The zero-order valence-electron chi connectivity index (χ0n) is 11.0. The molecule has 104 valence electrons. The van der Waals surface area contributed by atoms with Crippen molar-refractivity contribution in [3.63, 3.8) is 0 Å². The van der Waals surface area contributed by atoms with Gasteiger partial charge in [0.1, 0.15) is 6.04 Å². The van der Waals surface area contributed by atoms with Crippen LogP contribution in [0.1, 0.15) is 19.4 Å². The van der Waals surface area contributed by atoms with E-state index in [2.05, 4.69) is 26.6 Å². The molecule has 5 nitrogen and oxygen atoms in total. The summed E-state index contributed by atoms with van der Waals surface area (Å²) in [5.74, 6) is -1.23. The van der Waals surface area contributed by atoms with E-state index >= 15 is 0 Å². The van der Waals surface area contributed by atoms with Crippen LogP contribution in [0.15, 0.2) is 22.7 Å². The Bertz CT molecular complexity index is 489. The number of carboxylic acid groups (broad SMARTS) is 1. The molecule has 1 aromatic carbocycles. The van der Waals surface area contributed by atoms with Crippen LogP contribution in [0.4, 0.5) is 10.5 Å². The van der Waals surface area contributed by atoms with Crippen molar-refractivity contribution < 1.29 is 14.7 Å². The predicted molar refractivity (Wildman–Crippen MR) is 77.3 cm³/mol. The Hall–Kier alpha value is -1.56. The van der Waals surface area contributed by atoms with E-state index in [0.717, 1.165) is 10.0 Å². The summed E-state index contributed by atoms with van der Waals surface area (Å²) >= 11 is 3.32. The van der Waals surface area contributed by atoms with Gasteiger partial charge in [0, 0.05) is 10.2 Å². The fourth-order valence-corrected chi connectivity index (χ4v) is 1.90. The molecule has 0 aliphatic heterocycles. The molecule has 0 heterocycles. The standard InChI is InChI=1S/C13H17BrN2O3/c1-7(2)11(12(17)18)16-13(19)15-10-6-9(14)5-4-8(10)3/h4-7,11H,1-3H3,(H,17,18)(H2,15,16,19). The Morgan fingerprint density at radius 3 is 2.47 bits per heavy atom. The molecular weight excluding hydrogens is 312 g/mol. The molecule has 0 saturated heterocycles. The smallest absolute Gasteiger partial charge is 0.326 e. The van der Waals surface area contributed by atoms with Gasteiger partial charge in [-0.25, -0.2) is 9.59 Å². The van der Waals surface area contributed by atoms with Crippen LogP contribution in [0.3, 0.4) is 0 Å². The second kappa shape index (κ2) is 6.56. The molecule has 0 saturated carbocycles. The second-order valence-corrected chi connectivity index (χ2v) is 5.53. The Morgan fingerprint density at radius 1 is 1.32 bits per heavy atom. The van der Waals surface area contributed by atoms with E-state index in [1.807, 2.05) is 19.1 Å². The van der Waals surface area contributed by atoms with Crippen molar-refractivity contribution >= 4 is 33.6 Å². The number of hydrogen-bond donors (Lipinski definition) is 3. The summed E-state index contributed by atoms with van der Waals surface area (Å²) in [4.78, 5) is 22.8. The van der Waals surface area contributed by atoms with E-state index in [0.29, 0.717) is 5.69 Å². The average Bonchev–Trinajstić information content (AvgIpc) is 2.30. The first kappa shape index (κ1) is 15.5. The number of carboxylic acids is 1. The van der Waals surface area contributed by atoms with E-state index in [1.54, 1.807) is 19.9 Å². The van der Waals surface area contributed by atoms with Crippen molar-refractivity contribution in [2.45, 2.75) is 26.8 Å². The SMILES string of the molecule is Cc1ccc(Br)cc1NC(=O)NC(C(=O)O)C(C)C. The maximum atomic E-state index is 11.8. The normalized spacial score (nSPS) is 12.1. The number of amides is 2. The number of rotatable bonds is 4. The number of carbonyl (C=O) groups excluding carboxylic acids is 1. The van der Waals surface area contributed by atoms with Gasteiger partial charge < -0.3 is 15.7 Å². The number of nitrogens with one attached hydrogen (secondary N) is 2. The number of halogens is 1. The number of urea groups is 1. The summed E-state index contributed by atoms with van der Waals surface area (Å²) in [7, 11) is 0. The molecular formula is C13H17BrN2O3. The van der Waals surface area contributed by atoms with Crippen LogP contribution >= 0.6 is 15.9 Å². The lowest BCUT2D eigenvalue weighted by Crippen LogP contribution is -2.46. The van der Waals surface area contributed by atoms with Gasteiger partial charge in [0.15, 0.2) is 0 Å². The summed E-state index contributed by atoms with van der Waals surface area (Å²) < 4.78 is 0.840. The zero-order valence-corrected chi connectivity index (χ0v) is 12.6. The summed E-state index contributed by atoms with van der Waals surface area (Å²) in [5, 5.41) is 14.1. The van der Waals surface area contributed by atoms with Crippen LogP contribution in [-0.4, -0.2) is 23.1 Å². The lowest BCUT2D eigenvalue weighted by molar-refractivity contribution is -0.140. The topological polar surface area (TPSA) is 78.4 Å². The van der Waals surface area contributed by atoms with Crippen molar-refractivity contribution in [3.05, 3.63) is 28.2 Å². The molecule has 0 aromatic heterocycles. The van der Waals surface area contributed by atoms with Gasteiger partial charge in [0.2, 0.25) is 0 Å². The molecule has 0 aliphatic carbocycles. The highest BCUT2D eigenvalue weighted by Crippen LogP contribution is 2.20. The first-order chi connectivity index (χ1) is 8.81. The van der Waals surface area contributed by atoms with Gasteiger partial charge in [-0.2, -0.15) is 0 Å². The molecule has 1 aromatic rings. The molecule has 3 N–H and O–H groups in total. The van der Waals surface area contributed by atoms with Gasteiger partial charge >= 0.3 is 12.0 Å². The lowest BCUT2D eigenvalue weighted by atomic mass is 10.1. The third-order valence-electron chi connectivity index (χ3n) is 2.67. The molecule has 0 aliphatic rings. The van der Waals surface area contributed by atoms with Crippen molar-refractivity contribution in [2.75, 3.05) is 5.32 Å². The van der Waals surface area contributed by atoms with Crippen LogP contribution in [0.25, 0.3) is 0 Å². The number of aryl methyl sites for hydroxylation is 1. The molecule has 0 fully saturated rings. The number of anilines is 1. The minimum atomic E-state index is -1.05. The fraction of sp³-hybridized carbons (Fsp3) is 0.385.